The monoisotopic (exact) mass is 308 g/mol. The summed E-state index contributed by atoms with van der Waals surface area (Å²) in [5.74, 6) is -0.251. The average molecular weight is 309 g/mol. The van der Waals surface area contributed by atoms with E-state index in [1.54, 1.807) is 13.0 Å². The van der Waals surface area contributed by atoms with Crippen LogP contribution in [0.5, 0.6) is 11.5 Å². The number of halogens is 2. The fraction of sp³-hybridized carbons (Fsp3) is 0.188. The van der Waals surface area contributed by atoms with Gasteiger partial charge >= 0.3 is 0 Å². The number of hydrogen-bond donors (Lipinski definition) is 0. The van der Waals surface area contributed by atoms with E-state index in [1.165, 1.54) is 38.5 Å². The average Bonchev–Trinajstić information content (AvgIpc) is 2.49. The van der Waals surface area contributed by atoms with Gasteiger partial charge in [-0.1, -0.05) is 17.7 Å². The van der Waals surface area contributed by atoms with Gasteiger partial charge in [-0.2, -0.15) is 0 Å². The first-order chi connectivity index (χ1) is 9.99. The number of hydrogen-bond acceptors (Lipinski definition) is 3. The van der Waals surface area contributed by atoms with Crippen LogP contribution in [0.4, 0.5) is 4.39 Å². The highest BCUT2D eigenvalue weighted by Crippen LogP contribution is 2.32. The van der Waals surface area contributed by atoms with Crippen LogP contribution in [0.25, 0.3) is 0 Å². The van der Waals surface area contributed by atoms with E-state index in [9.17, 15) is 9.18 Å². The standard InChI is InChI=1S/C16H14ClFO3/c1-9-7-13(20-2)14(21-3)8-11(9)16(19)10-5-4-6-12(17)15(10)18/h4-8H,1-3H3. The maximum atomic E-state index is 14.0. The fourth-order valence-electron chi connectivity index (χ4n) is 2.05. The molecule has 0 radical (unpaired) electrons. The van der Waals surface area contributed by atoms with E-state index in [2.05, 4.69) is 0 Å². The molecule has 3 nitrogen and oxygen atoms in total. The van der Waals surface area contributed by atoms with Crippen LogP contribution in [-0.2, 0) is 0 Å². The lowest BCUT2D eigenvalue weighted by Gasteiger charge is -2.12. The molecule has 0 unspecified atom stereocenters. The van der Waals surface area contributed by atoms with Crippen LogP contribution in [0, 0.1) is 12.7 Å². The van der Waals surface area contributed by atoms with Crippen molar-refractivity contribution in [2.75, 3.05) is 14.2 Å². The zero-order chi connectivity index (χ0) is 15.6. The van der Waals surface area contributed by atoms with Gasteiger partial charge in [-0.05, 0) is 36.8 Å². The molecule has 0 atom stereocenters. The SMILES string of the molecule is COc1cc(C)c(C(=O)c2cccc(Cl)c2F)cc1OC. The van der Waals surface area contributed by atoms with Crippen molar-refractivity contribution in [2.45, 2.75) is 6.92 Å². The first-order valence-electron chi connectivity index (χ1n) is 6.21. The molecule has 0 spiro atoms. The molecule has 2 aromatic rings. The number of rotatable bonds is 4. The molecule has 0 aliphatic rings. The highest BCUT2D eigenvalue weighted by Gasteiger charge is 2.20. The minimum Gasteiger partial charge on any atom is -0.493 e. The third-order valence-corrected chi connectivity index (χ3v) is 3.46. The normalized spacial score (nSPS) is 10.3. The van der Waals surface area contributed by atoms with Crippen molar-refractivity contribution < 1.29 is 18.7 Å². The third-order valence-electron chi connectivity index (χ3n) is 3.17. The van der Waals surface area contributed by atoms with Gasteiger partial charge in [-0.15, -0.1) is 0 Å². The van der Waals surface area contributed by atoms with Crippen molar-refractivity contribution in [3.63, 3.8) is 0 Å². The summed E-state index contributed by atoms with van der Waals surface area (Å²) in [6, 6.07) is 7.55. The maximum Gasteiger partial charge on any atom is 0.196 e. The Kier molecular flexibility index (Phi) is 4.48. The Morgan fingerprint density at radius 1 is 1.10 bits per heavy atom. The lowest BCUT2D eigenvalue weighted by Crippen LogP contribution is -2.07. The van der Waals surface area contributed by atoms with Gasteiger partial charge in [-0.25, -0.2) is 4.39 Å². The molecular weight excluding hydrogens is 295 g/mol. The van der Waals surface area contributed by atoms with Gasteiger partial charge in [0, 0.05) is 5.56 Å². The van der Waals surface area contributed by atoms with E-state index in [4.69, 9.17) is 21.1 Å². The molecule has 2 rings (SSSR count). The summed E-state index contributed by atoms with van der Waals surface area (Å²) in [6.45, 7) is 1.75. The molecule has 5 heteroatoms. The largest absolute Gasteiger partial charge is 0.493 e. The van der Waals surface area contributed by atoms with Gasteiger partial charge in [0.05, 0.1) is 24.8 Å². The second kappa shape index (κ2) is 6.14. The molecule has 0 aromatic heterocycles. The smallest absolute Gasteiger partial charge is 0.196 e. The van der Waals surface area contributed by atoms with Crippen LogP contribution in [0.2, 0.25) is 5.02 Å². The summed E-state index contributed by atoms with van der Waals surface area (Å²) >= 11 is 5.72. The molecule has 2 aromatic carbocycles. The van der Waals surface area contributed by atoms with E-state index in [1.807, 2.05) is 0 Å². The minimum absolute atomic E-state index is 0.0715. The van der Waals surface area contributed by atoms with E-state index in [-0.39, 0.29) is 10.6 Å². The van der Waals surface area contributed by atoms with Gasteiger partial charge < -0.3 is 9.47 Å². The number of carbonyl (C=O) groups excluding carboxylic acids is 1. The van der Waals surface area contributed by atoms with Crippen LogP contribution < -0.4 is 9.47 Å². The molecule has 0 amide bonds. The Hall–Kier alpha value is -2.07. The molecule has 110 valence electrons. The first kappa shape index (κ1) is 15.3. The fourth-order valence-corrected chi connectivity index (χ4v) is 2.22. The van der Waals surface area contributed by atoms with Gasteiger partial charge in [0.25, 0.3) is 0 Å². The van der Waals surface area contributed by atoms with Crippen molar-refractivity contribution >= 4 is 17.4 Å². The van der Waals surface area contributed by atoms with E-state index >= 15 is 0 Å². The first-order valence-corrected chi connectivity index (χ1v) is 6.58. The van der Waals surface area contributed by atoms with Crippen LogP contribution >= 0.6 is 11.6 Å². The number of benzene rings is 2. The van der Waals surface area contributed by atoms with Crippen molar-refractivity contribution in [1.29, 1.82) is 0 Å². The van der Waals surface area contributed by atoms with Crippen LogP contribution in [0.15, 0.2) is 30.3 Å². The summed E-state index contributed by atoms with van der Waals surface area (Å²) in [4.78, 5) is 12.5. The molecule has 0 saturated carbocycles. The Morgan fingerprint density at radius 3 is 2.33 bits per heavy atom. The van der Waals surface area contributed by atoms with Gasteiger partial charge in [0.15, 0.2) is 23.1 Å². The lowest BCUT2D eigenvalue weighted by atomic mass is 9.98. The van der Waals surface area contributed by atoms with Crippen LogP contribution in [-0.4, -0.2) is 20.0 Å². The molecule has 0 saturated heterocycles. The Morgan fingerprint density at radius 2 is 1.71 bits per heavy atom. The highest BCUT2D eigenvalue weighted by molar-refractivity contribution is 6.31. The van der Waals surface area contributed by atoms with Crippen molar-refractivity contribution in [3.8, 4) is 11.5 Å². The molecule has 0 bridgehead atoms. The predicted octanol–water partition coefficient (Wildman–Crippen LogP) is 4.04. The summed E-state index contributed by atoms with van der Waals surface area (Å²) in [6.07, 6.45) is 0. The van der Waals surface area contributed by atoms with Crippen LogP contribution in [0.1, 0.15) is 21.5 Å². The lowest BCUT2D eigenvalue weighted by molar-refractivity contribution is 0.103. The van der Waals surface area contributed by atoms with E-state index in [0.717, 1.165) is 0 Å². The summed E-state index contributed by atoms with van der Waals surface area (Å²) in [5.41, 5.74) is 0.934. The summed E-state index contributed by atoms with van der Waals surface area (Å²) in [7, 11) is 2.98. The van der Waals surface area contributed by atoms with Crippen molar-refractivity contribution in [1.82, 2.24) is 0 Å². The van der Waals surface area contributed by atoms with Crippen molar-refractivity contribution in [3.05, 3.63) is 57.9 Å². The molecule has 0 aliphatic carbocycles. The van der Waals surface area contributed by atoms with Gasteiger partial charge in [0.1, 0.15) is 0 Å². The Balaban J connectivity index is 2.56. The zero-order valence-electron chi connectivity index (χ0n) is 11.9. The second-order valence-electron chi connectivity index (χ2n) is 4.45. The van der Waals surface area contributed by atoms with Gasteiger partial charge in [0.2, 0.25) is 0 Å². The third kappa shape index (κ3) is 2.85. The zero-order valence-corrected chi connectivity index (χ0v) is 12.6. The van der Waals surface area contributed by atoms with Gasteiger partial charge in [-0.3, -0.25) is 4.79 Å². The number of aryl methyl sites for hydroxylation is 1. The van der Waals surface area contributed by atoms with E-state index in [0.29, 0.717) is 22.6 Å². The molecule has 0 aliphatic heterocycles. The number of carbonyl (C=O) groups is 1. The predicted molar refractivity (Wildman–Crippen MR) is 79.1 cm³/mol. The molecule has 0 fully saturated rings. The number of ether oxygens (including phenoxy) is 2. The van der Waals surface area contributed by atoms with Crippen LogP contribution in [0.3, 0.4) is 0 Å². The minimum atomic E-state index is -0.724. The van der Waals surface area contributed by atoms with Crippen molar-refractivity contribution in [2.24, 2.45) is 0 Å². The second-order valence-corrected chi connectivity index (χ2v) is 4.86. The molecule has 0 N–H and O–H groups in total. The molecular formula is C16H14ClFO3. The van der Waals surface area contributed by atoms with E-state index < -0.39 is 11.6 Å². The topological polar surface area (TPSA) is 35.5 Å². The molecule has 21 heavy (non-hydrogen) atoms. The Bertz CT molecular complexity index is 698. The number of methoxy groups -OCH3 is 2. The quantitative estimate of drug-likeness (QED) is 0.800. The Labute approximate surface area is 127 Å². The summed E-state index contributed by atoms with van der Waals surface area (Å²) < 4.78 is 24.3. The summed E-state index contributed by atoms with van der Waals surface area (Å²) in [5, 5.41) is -0.0843. The maximum absolute atomic E-state index is 14.0. The molecule has 0 heterocycles. The highest BCUT2D eigenvalue weighted by atomic mass is 35.5. The number of ketones is 1.